The van der Waals surface area contributed by atoms with Gasteiger partial charge in [0.2, 0.25) is 11.6 Å². The molecule has 2 fully saturated rings. The van der Waals surface area contributed by atoms with Gasteiger partial charge in [-0.15, -0.1) is 0 Å². The van der Waals surface area contributed by atoms with Gasteiger partial charge in [-0.25, -0.2) is 4.79 Å². The van der Waals surface area contributed by atoms with Crippen molar-refractivity contribution in [3.63, 3.8) is 0 Å². The molecule has 0 radical (unpaired) electrons. The molecule has 0 aliphatic heterocycles. The second-order valence-corrected chi connectivity index (χ2v) is 5.94. The lowest BCUT2D eigenvalue weighted by atomic mass is 9.69. The van der Waals surface area contributed by atoms with Gasteiger partial charge in [-0.3, -0.25) is 9.59 Å². The zero-order valence-corrected chi connectivity index (χ0v) is 11.0. The quantitative estimate of drug-likeness (QED) is 0.434. The maximum absolute atomic E-state index is 12.1. The molecule has 2 aliphatic carbocycles. The molecule has 98 valence electrons. The zero-order chi connectivity index (χ0) is 13.7. The summed E-state index contributed by atoms with van der Waals surface area (Å²) < 4.78 is 5.15. The average molecular weight is 250 g/mol. The number of esters is 1. The number of fused-ring (bicyclic) bond motifs is 2. The summed E-state index contributed by atoms with van der Waals surface area (Å²) in [6, 6.07) is 0. The maximum Gasteiger partial charge on any atom is 0.333 e. The smallest absolute Gasteiger partial charge is 0.333 e. The molecule has 4 nitrogen and oxygen atoms in total. The van der Waals surface area contributed by atoms with Crippen LogP contribution < -0.4 is 0 Å². The Hall–Kier alpha value is -1.45. The Morgan fingerprint density at radius 2 is 2.06 bits per heavy atom. The van der Waals surface area contributed by atoms with Gasteiger partial charge in [-0.05, 0) is 25.2 Å². The normalized spacial score (nSPS) is 32.7. The van der Waals surface area contributed by atoms with Crippen LogP contribution in [0.15, 0.2) is 12.2 Å². The van der Waals surface area contributed by atoms with Gasteiger partial charge in [-0.1, -0.05) is 20.4 Å². The molecule has 0 heterocycles. The summed E-state index contributed by atoms with van der Waals surface area (Å²) >= 11 is 0. The van der Waals surface area contributed by atoms with E-state index in [1.165, 1.54) is 0 Å². The number of hydrogen-bond donors (Lipinski definition) is 0. The molecule has 2 bridgehead atoms. The van der Waals surface area contributed by atoms with Crippen LogP contribution in [0.1, 0.15) is 33.6 Å². The number of hydrogen-bond acceptors (Lipinski definition) is 4. The summed E-state index contributed by atoms with van der Waals surface area (Å²) in [4.78, 5) is 35.4. The standard InChI is InChI=1S/C14H18O4/c1-8(2)12(17)18-7-14-6-5-9(13(14,3)4)10(15)11(14)16/h9H,1,5-7H2,2-4H3. The van der Waals surface area contributed by atoms with E-state index in [9.17, 15) is 14.4 Å². The number of ketones is 2. The second kappa shape index (κ2) is 3.77. The number of ether oxygens (including phenoxy) is 1. The summed E-state index contributed by atoms with van der Waals surface area (Å²) in [7, 11) is 0. The lowest BCUT2D eigenvalue weighted by molar-refractivity contribution is -0.151. The monoisotopic (exact) mass is 250 g/mol. The SMILES string of the molecule is C=C(C)C(=O)OCC12CCC(C(=O)C1=O)C2(C)C. The topological polar surface area (TPSA) is 60.4 Å². The first kappa shape index (κ1) is 13.0. The van der Waals surface area contributed by atoms with Gasteiger partial charge < -0.3 is 4.74 Å². The Morgan fingerprint density at radius 3 is 2.50 bits per heavy atom. The fourth-order valence-corrected chi connectivity index (χ4v) is 3.30. The molecule has 0 aromatic rings. The number of carbonyl (C=O) groups is 3. The Bertz CT molecular complexity index is 460. The van der Waals surface area contributed by atoms with Gasteiger partial charge >= 0.3 is 5.97 Å². The Labute approximate surface area is 106 Å². The minimum atomic E-state index is -0.820. The van der Waals surface area contributed by atoms with E-state index >= 15 is 0 Å². The molecule has 0 aromatic carbocycles. The highest BCUT2D eigenvalue weighted by Crippen LogP contribution is 2.62. The predicted molar refractivity (Wildman–Crippen MR) is 64.7 cm³/mol. The van der Waals surface area contributed by atoms with Gasteiger partial charge in [0.05, 0.1) is 5.41 Å². The molecule has 0 saturated heterocycles. The highest BCUT2D eigenvalue weighted by Gasteiger charge is 2.69. The van der Waals surface area contributed by atoms with E-state index in [1.807, 2.05) is 13.8 Å². The van der Waals surface area contributed by atoms with Crippen LogP contribution in [0.2, 0.25) is 0 Å². The van der Waals surface area contributed by atoms with Crippen LogP contribution in [0.25, 0.3) is 0 Å². The van der Waals surface area contributed by atoms with Crippen molar-refractivity contribution in [2.24, 2.45) is 16.7 Å². The van der Waals surface area contributed by atoms with Crippen LogP contribution in [-0.4, -0.2) is 24.1 Å². The summed E-state index contributed by atoms with van der Waals surface area (Å²) in [5.74, 6) is -1.37. The molecule has 2 saturated carbocycles. The minimum absolute atomic E-state index is 0.00718. The summed E-state index contributed by atoms with van der Waals surface area (Å²) in [6.45, 7) is 8.89. The van der Waals surface area contributed by atoms with Crippen LogP contribution in [0, 0.1) is 16.7 Å². The first-order chi connectivity index (χ1) is 8.24. The second-order valence-electron chi connectivity index (χ2n) is 5.94. The van der Waals surface area contributed by atoms with E-state index in [4.69, 9.17) is 4.74 Å². The fourth-order valence-electron chi connectivity index (χ4n) is 3.30. The molecule has 2 rings (SSSR count). The molecular formula is C14H18O4. The van der Waals surface area contributed by atoms with Crippen molar-refractivity contribution in [3.8, 4) is 0 Å². The number of carbonyl (C=O) groups excluding carboxylic acids is 3. The summed E-state index contributed by atoms with van der Waals surface area (Å²) in [5.41, 5.74) is -0.938. The van der Waals surface area contributed by atoms with Gasteiger partial charge in [0.1, 0.15) is 6.61 Å². The van der Waals surface area contributed by atoms with Crippen molar-refractivity contribution in [1.29, 1.82) is 0 Å². The van der Waals surface area contributed by atoms with Gasteiger partial charge in [0.25, 0.3) is 0 Å². The first-order valence-corrected chi connectivity index (χ1v) is 6.15. The molecule has 0 amide bonds. The number of rotatable bonds is 3. The lowest BCUT2D eigenvalue weighted by Crippen LogP contribution is -2.42. The summed E-state index contributed by atoms with van der Waals surface area (Å²) in [6.07, 6.45) is 1.33. The number of Topliss-reactive ketones (excluding diaryl/α,β-unsaturated/α-hetero) is 2. The highest BCUT2D eigenvalue weighted by molar-refractivity contribution is 6.43. The Kier molecular flexibility index (Phi) is 2.72. The summed E-state index contributed by atoms with van der Waals surface area (Å²) in [5, 5.41) is 0. The van der Waals surface area contributed by atoms with Crippen LogP contribution in [-0.2, 0) is 19.1 Å². The molecule has 0 N–H and O–H groups in total. The first-order valence-electron chi connectivity index (χ1n) is 6.15. The molecular weight excluding hydrogens is 232 g/mol. The average Bonchev–Trinajstić information content (AvgIpc) is 2.62. The Morgan fingerprint density at radius 1 is 1.44 bits per heavy atom. The molecule has 2 aliphatic rings. The van der Waals surface area contributed by atoms with Crippen molar-refractivity contribution < 1.29 is 19.1 Å². The van der Waals surface area contributed by atoms with Crippen molar-refractivity contribution in [1.82, 2.24) is 0 Å². The lowest BCUT2D eigenvalue weighted by Gasteiger charge is -2.34. The molecule has 4 heteroatoms. The fraction of sp³-hybridized carbons (Fsp3) is 0.643. The van der Waals surface area contributed by atoms with E-state index in [0.717, 1.165) is 0 Å². The third-order valence-corrected chi connectivity index (χ3v) is 4.74. The molecule has 2 atom stereocenters. The zero-order valence-electron chi connectivity index (χ0n) is 11.0. The van der Waals surface area contributed by atoms with Crippen molar-refractivity contribution in [2.45, 2.75) is 33.6 Å². The van der Waals surface area contributed by atoms with Crippen molar-refractivity contribution in [2.75, 3.05) is 6.61 Å². The van der Waals surface area contributed by atoms with E-state index in [0.29, 0.717) is 18.4 Å². The third kappa shape index (κ3) is 1.41. The highest BCUT2D eigenvalue weighted by atomic mass is 16.5. The van der Waals surface area contributed by atoms with E-state index < -0.39 is 16.8 Å². The molecule has 0 spiro atoms. The predicted octanol–water partition coefficient (Wildman–Crippen LogP) is 1.68. The largest absolute Gasteiger partial charge is 0.461 e. The van der Waals surface area contributed by atoms with E-state index in [-0.39, 0.29) is 24.1 Å². The van der Waals surface area contributed by atoms with Gasteiger partial charge in [-0.2, -0.15) is 0 Å². The molecule has 18 heavy (non-hydrogen) atoms. The van der Waals surface area contributed by atoms with Crippen LogP contribution >= 0.6 is 0 Å². The molecule has 2 unspecified atom stereocenters. The third-order valence-electron chi connectivity index (χ3n) is 4.74. The van der Waals surface area contributed by atoms with Crippen molar-refractivity contribution in [3.05, 3.63) is 12.2 Å². The molecule has 0 aromatic heterocycles. The Balaban J connectivity index is 2.24. The maximum atomic E-state index is 12.1. The van der Waals surface area contributed by atoms with E-state index in [1.54, 1.807) is 6.92 Å². The van der Waals surface area contributed by atoms with E-state index in [2.05, 4.69) is 6.58 Å². The van der Waals surface area contributed by atoms with Gasteiger partial charge in [0, 0.05) is 11.5 Å². The van der Waals surface area contributed by atoms with Crippen LogP contribution in [0.4, 0.5) is 0 Å². The van der Waals surface area contributed by atoms with Crippen LogP contribution in [0.5, 0.6) is 0 Å². The van der Waals surface area contributed by atoms with Crippen molar-refractivity contribution >= 4 is 17.5 Å². The van der Waals surface area contributed by atoms with Gasteiger partial charge in [0.15, 0.2) is 0 Å². The minimum Gasteiger partial charge on any atom is -0.461 e. The van der Waals surface area contributed by atoms with Crippen LogP contribution in [0.3, 0.4) is 0 Å².